The molecular weight excluding hydrogens is 733 g/mol. The Morgan fingerprint density at radius 3 is 1.92 bits per heavy atom. The van der Waals surface area contributed by atoms with Gasteiger partial charge in [0, 0.05) is 40.5 Å². The van der Waals surface area contributed by atoms with Gasteiger partial charge in [0.2, 0.25) is 0 Å². The van der Waals surface area contributed by atoms with Crippen LogP contribution in [0.1, 0.15) is 93.7 Å². The van der Waals surface area contributed by atoms with Gasteiger partial charge in [-0.05, 0) is 144 Å². The summed E-state index contributed by atoms with van der Waals surface area (Å²) in [5.74, 6) is 3.13. The fourth-order valence-corrected chi connectivity index (χ4v) is 9.40. The highest BCUT2D eigenvalue weighted by Gasteiger charge is 2.32. The van der Waals surface area contributed by atoms with Crippen LogP contribution in [0.2, 0.25) is 0 Å². The van der Waals surface area contributed by atoms with Crippen molar-refractivity contribution >= 4 is 44.6 Å². The monoisotopic (exact) mass is 788 g/mol. The summed E-state index contributed by atoms with van der Waals surface area (Å²) in [6.45, 7) is 23.4. The number of para-hydroxylation sites is 3. The quantitative estimate of drug-likeness (QED) is 0.154. The molecule has 0 saturated heterocycles. The molecule has 0 saturated carbocycles. The summed E-state index contributed by atoms with van der Waals surface area (Å²) < 4.78 is 9.03. The van der Waals surface area contributed by atoms with Crippen LogP contribution in [0.3, 0.4) is 0 Å². The molecule has 1 aliphatic heterocycles. The van der Waals surface area contributed by atoms with Gasteiger partial charge in [-0.15, -0.1) is 0 Å². The normalized spacial score (nSPS) is 13.0. The van der Waals surface area contributed by atoms with E-state index in [0.717, 1.165) is 34.0 Å². The highest BCUT2D eigenvalue weighted by Crippen LogP contribution is 2.50. The van der Waals surface area contributed by atoms with Crippen LogP contribution in [-0.4, -0.2) is 16.2 Å². The van der Waals surface area contributed by atoms with Crippen LogP contribution in [0.4, 0.5) is 22.7 Å². The molecule has 0 radical (unpaired) electrons. The molecule has 0 amide bonds. The summed E-state index contributed by atoms with van der Waals surface area (Å²) in [6, 6.07) is 46.2. The molecule has 8 aromatic rings. The zero-order valence-corrected chi connectivity index (χ0v) is 36.8. The molecule has 0 N–H and O–H groups in total. The zero-order chi connectivity index (χ0) is 42.0. The molecule has 0 atom stereocenters. The highest BCUT2D eigenvalue weighted by atomic mass is 16.5. The van der Waals surface area contributed by atoms with Crippen LogP contribution < -0.4 is 14.5 Å². The standard InChI is InChI=1S/C55H56N4O/c1-34(2)46-28-39(53-37(6)26-36(5)27-38(53)7)29-47(35(3)4)54(46)58-33-57(49-20-13-14-21-50(49)58)41-16-15-17-42(31-41)60-43-22-23-45-44-18-11-12-19-48(44)59(51(45)32-43)52-30-40(24-25-56-52)55(8,9)10/h11-32,34-35H,33H2,1-10H3. The first-order valence-corrected chi connectivity index (χ1v) is 21.4. The van der Waals surface area contributed by atoms with Crippen LogP contribution in [-0.2, 0) is 5.41 Å². The average Bonchev–Trinajstić information content (AvgIpc) is 3.76. The zero-order valence-electron chi connectivity index (χ0n) is 36.8. The minimum Gasteiger partial charge on any atom is -0.457 e. The van der Waals surface area contributed by atoms with Gasteiger partial charge in [0.1, 0.15) is 24.0 Å². The Hall–Kier alpha value is -6.33. The van der Waals surface area contributed by atoms with Crippen molar-refractivity contribution in [3.8, 4) is 28.4 Å². The Labute approximate surface area is 355 Å². The van der Waals surface area contributed by atoms with Gasteiger partial charge in [-0.3, -0.25) is 4.57 Å². The number of fused-ring (bicyclic) bond motifs is 4. The number of hydrogen-bond donors (Lipinski definition) is 0. The molecule has 0 spiro atoms. The first kappa shape index (κ1) is 39.1. The van der Waals surface area contributed by atoms with E-state index in [-0.39, 0.29) is 5.41 Å². The Balaban J connectivity index is 1.09. The van der Waals surface area contributed by atoms with Gasteiger partial charge < -0.3 is 14.5 Å². The molecule has 3 heterocycles. The molecule has 5 heteroatoms. The van der Waals surface area contributed by atoms with Gasteiger partial charge in [0.15, 0.2) is 0 Å². The summed E-state index contributed by atoms with van der Waals surface area (Å²) in [6.07, 6.45) is 1.93. The molecule has 9 rings (SSSR count). The van der Waals surface area contributed by atoms with Gasteiger partial charge in [-0.2, -0.15) is 0 Å². The maximum atomic E-state index is 6.76. The number of aromatic nitrogens is 2. The van der Waals surface area contributed by atoms with E-state index in [1.54, 1.807) is 0 Å². The fraction of sp³-hybridized carbons (Fsp3) is 0.255. The molecule has 60 heavy (non-hydrogen) atoms. The molecule has 6 aromatic carbocycles. The number of aryl methyl sites for hydroxylation is 3. The van der Waals surface area contributed by atoms with Gasteiger partial charge >= 0.3 is 0 Å². The first-order chi connectivity index (χ1) is 28.8. The van der Waals surface area contributed by atoms with E-state index < -0.39 is 0 Å². The van der Waals surface area contributed by atoms with E-state index in [2.05, 4.69) is 211 Å². The van der Waals surface area contributed by atoms with Gasteiger partial charge in [-0.1, -0.05) is 103 Å². The first-order valence-electron chi connectivity index (χ1n) is 21.4. The van der Waals surface area contributed by atoms with E-state index in [4.69, 9.17) is 9.72 Å². The van der Waals surface area contributed by atoms with Crippen molar-refractivity contribution in [3.63, 3.8) is 0 Å². The Morgan fingerprint density at radius 2 is 1.23 bits per heavy atom. The SMILES string of the molecule is Cc1cc(C)c(-c2cc(C(C)C)c(N3CN(c4cccc(Oc5ccc6c7ccccc7n(-c7cc(C(C)(C)C)ccn7)c6c5)c4)c4ccccc43)c(C(C)C)c2)c(C)c1. The lowest BCUT2D eigenvalue weighted by atomic mass is 9.85. The van der Waals surface area contributed by atoms with Gasteiger partial charge in [0.25, 0.3) is 0 Å². The molecular formula is C55H56N4O. The van der Waals surface area contributed by atoms with Crippen molar-refractivity contribution < 1.29 is 4.74 Å². The second-order valence-corrected chi connectivity index (χ2v) is 18.4. The summed E-state index contributed by atoms with van der Waals surface area (Å²) in [7, 11) is 0. The Kier molecular flexibility index (Phi) is 9.82. The molecule has 2 aromatic heterocycles. The second kappa shape index (κ2) is 15.0. The molecule has 5 nitrogen and oxygen atoms in total. The third-order valence-corrected chi connectivity index (χ3v) is 12.2. The molecule has 302 valence electrons. The molecule has 0 fully saturated rings. The van der Waals surface area contributed by atoms with Crippen molar-refractivity contribution in [2.45, 2.75) is 86.5 Å². The number of anilines is 4. The smallest absolute Gasteiger partial charge is 0.137 e. The lowest BCUT2D eigenvalue weighted by Crippen LogP contribution is -2.26. The summed E-state index contributed by atoms with van der Waals surface area (Å²) in [4.78, 5) is 9.85. The maximum absolute atomic E-state index is 6.76. The van der Waals surface area contributed by atoms with Crippen molar-refractivity contribution in [2.24, 2.45) is 0 Å². The maximum Gasteiger partial charge on any atom is 0.137 e. The van der Waals surface area contributed by atoms with Crippen LogP contribution >= 0.6 is 0 Å². The van der Waals surface area contributed by atoms with Crippen LogP contribution in [0, 0.1) is 20.8 Å². The predicted octanol–water partition coefficient (Wildman–Crippen LogP) is 15.4. The lowest BCUT2D eigenvalue weighted by Gasteiger charge is -2.30. The van der Waals surface area contributed by atoms with E-state index >= 15 is 0 Å². The number of hydrogen-bond acceptors (Lipinski definition) is 4. The predicted molar refractivity (Wildman–Crippen MR) is 254 cm³/mol. The largest absolute Gasteiger partial charge is 0.457 e. The number of ether oxygens (including phenoxy) is 1. The lowest BCUT2D eigenvalue weighted by molar-refractivity contribution is 0.483. The molecule has 0 unspecified atom stereocenters. The van der Waals surface area contributed by atoms with Gasteiger partial charge in [-0.25, -0.2) is 4.98 Å². The van der Waals surface area contributed by atoms with Crippen molar-refractivity contribution in [1.29, 1.82) is 0 Å². The number of pyridine rings is 1. The fourth-order valence-electron chi connectivity index (χ4n) is 9.40. The van der Waals surface area contributed by atoms with Crippen molar-refractivity contribution in [3.05, 3.63) is 167 Å². The summed E-state index contributed by atoms with van der Waals surface area (Å²) >= 11 is 0. The Morgan fingerprint density at radius 1 is 0.600 bits per heavy atom. The van der Waals surface area contributed by atoms with Gasteiger partial charge in [0.05, 0.1) is 22.4 Å². The number of nitrogens with zero attached hydrogens (tertiary/aromatic N) is 4. The van der Waals surface area contributed by atoms with Crippen molar-refractivity contribution in [2.75, 3.05) is 16.5 Å². The summed E-state index contributed by atoms with van der Waals surface area (Å²) in [5, 5.41) is 2.36. The van der Waals surface area contributed by atoms with E-state index in [1.165, 1.54) is 72.3 Å². The third-order valence-electron chi connectivity index (χ3n) is 12.2. The van der Waals surface area contributed by atoms with E-state index in [0.29, 0.717) is 18.5 Å². The molecule has 0 bridgehead atoms. The topological polar surface area (TPSA) is 33.5 Å². The van der Waals surface area contributed by atoms with E-state index in [1.807, 2.05) is 6.20 Å². The number of rotatable bonds is 8. The third kappa shape index (κ3) is 6.90. The van der Waals surface area contributed by atoms with Crippen LogP contribution in [0.5, 0.6) is 11.5 Å². The minimum absolute atomic E-state index is 0.000765. The molecule has 1 aliphatic rings. The van der Waals surface area contributed by atoms with Crippen LogP contribution in [0.15, 0.2) is 134 Å². The summed E-state index contributed by atoms with van der Waals surface area (Å²) in [5.41, 5.74) is 17.6. The molecule has 0 aliphatic carbocycles. The number of benzene rings is 6. The van der Waals surface area contributed by atoms with Crippen molar-refractivity contribution in [1.82, 2.24) is 9.55 Å². The van der Waals surface area contributed by atoms with E-state index in [9.17, 15) is 0 Å². The average molecular weight is 789 g/mol. The minimum atomic E-state index is 0.000765. The highest BCUT2D eigenvalue weighted by molar-refractivity contribution is 6.09. The van der Waals surface area contributed by atoms with Crippen LogP contribution in [0.25, 0.3) is 38.8 Å². The Bertz CT molecular complexity index is 2870. The second-order valence-electron chi connectivity index (χ2n) is 18.4.